The summed E-state index contributed by atoms with van der Waals surface area (Å²) in [4.78, 5) is 30.0. The molecule has 20 heavy (non-hydrogen) atoms. The van der Waals surface area contributed by atoms with Crippen molar-refractivity contribution in [3.05, 3.63) is 45.9 Å². The number of carbonyl (C=O) groups excluding carboxylic acids is 2. The van der Waals surface area contributed by atoms with E-state index in [0.29, 0.717) is 16.1 Å². The molecule has 0 aliphatic rings. The van der Waals surface area contributed by atoms with Crippen molar-refractivity contribution < 1.29 is 9.59 Å². The molecule has 0 saturated carbocycles. The van der Waals surface area contributed by atoms with Crippen LogP contribution in [0.5, 0.6) is 0 Å². The van der Waals surface area contributed by atoms with Crippen LogP contribution in [-0.4, -0.2) is 35.8 Å². The van der Waals surface area contributed by atoms with Gasteiger partial charge in [0.05, 0.1) is 11.7 Å². The molecule has 1 aromatic heterocycles. The highest BCUT2D eigenvalue weighted by Crippen LogP contribution is 2.21. The third-order valence-electron chi connectivity index (χ3n) is 2.87. The Morgan fingerprint density at radius 1 is 1.30 bits per heavy atom. The Kier molecular flexibility index (Phi) is 4.14. The van der Waals surface area contributed by atoms with E-state index in [-0.39, 0.29) is 11.8 Å². The summed E-state index contributed by atoms with van der Waals surface area (Å²) in [5.41, 5.74) is 3.57. The molecule has 5 nitrogen and oxygen atoms in total. The van der Waals surface area contributed by atoms with E-state index in [1.807, 2.05) is 6.92 Å². The maximum atomic E-state index is 12.0. The summed E-state index contributed by atoms with van der Waals surface area (Å²) in [6.45, 7) is 1.82. The van der Waals surface area contributed by atoms with Crippen LogP contribution >= 0.6 is 11.3 Å². The molecule has 0 fully saturated rings. The van der Waals surface area contributed by atoms with Gasteiger partial charge in [-0.2, -0.15) is 0 Å². The van der Waals surface area contributed by atoms with Crippen LogP contribution in [0.1, 0.15) is 25.6 Å². The third kappa shape index (κ3) is 2.85. The predicted molar refractivity (Wildman–Crippen MR) is 79.3 cm³/mol. The second-order valence-corrected chi connectivity index (χ2v) is 5.38. The van der Waals surface area contributed by atoms with Gasteiger partial charge >= 0.3 is 0 Å². The molecule has 0 atom stereocenters. The maximum absolute atomic E-state index is 12.0. The van der Waals surface area contributed by atoms with Crippen LogP contribution in [-0.2, 0) is 0 Å². The van der Waals surface area contributed by atoms with Gasteiger partial charge in [0.1, 0.15) is 4.88 Å². The fourth-order valence-electron chi connectivity index (χ4n) is 1.76. The molecule has 0 saturated heterocycles. The summed E-state index contributed by atoms with van der Waals surface area (Å²) >= 11 is 1.27. The molecule has 1 aromatic carbocycles. The molecule has 0 unspecified atom stereocenters. The molecule has 2 amide bonds. The number of nitrogens with one attached hydrogen (secondary N) is 1. The van der Waals surface area contributed by atoms with E-state index < -0.39 is 0 Å². The highest BCUT2D eigenvalue weighted by atomic mass is 32.1. The first-order valence-corrected chi connectivity index (χ1v) is 6.89. The minimum atomic E-state index is -0.218. The third-order valence-corrected chi connectivity index (χ3v) is 3.65. The van der Waals surface area contributed by atoms with Crippen LogP contribution in [0.4, 0.5) is 5.69 Å². The van der Waals surface area contributed by atoms with Gasteiger partial charge in [0.2, 0.25) is 0 Å². The van der Waals surface area contributed by atoms with E-state index in [1.165, 1.54) is 22.4 Å². The van der Waals surface area contributed by atoms with Crippen molar-refractivity contribution in [2.75, 3.05) is 19.4 Å². The second kappa shape index (κ2) is 5.83. The molecule has 0 aliphatic heterocycles. The number of anilines is 1. The van der Waals surface area contributed by atoms with Crippen molar-refractivity contribution in [1.29, 1.82) is 0 Å². The average Bonchev–Trinajstić information content (AvgIpc) is 2.94. The summed E-state index contributed by atoms with van der Waals surface area (Å²) in [5, 5.41) is 2.81. The molecule has 1 heterocycles. The van der Waals surface area contributed by atoms with E-state index >= 15 is 0 Å². The van der Waals surface area contributed by atoms with Crippen LogP contribution in [0.25, 0.3) is 0 Å². The summed E-state index contributed by atoms with van der Waals surface area (Å²) in [7, 11) is 3.40. The molecule has 2 aromatic rings. The highest BCUT2D eigenvalue weighted by Gasteiger charge is 2.15. The van der Waals surface area contributed by atoms with Crippen LogP contribution in [0.15, 0.2) is 29.9 Å². The maximum Gasteiger partial charge on any atom is 0.267 e. The number of thiazole rings is 1. The van der Waals surface area contributed by atoms with Gasteiger partial charge in [-0.25, -0.2) is 0 Å². The smallest absolute Gasteiger partial charge is 0.267 e. The topological polar surface area (TPSA) is 62.3 Å². The van der Waals surface area contributed by atoms with Gasteiger partial charge in [-0.05, 0) is 24.6 Å². The number of rotatable bonds is 3. The lowest BCUT2D eigenvalue weighted by molar-refractivity contribution is 0.0826. The average molecular weight is 289 g/mol. The zero-order valence-corrected chi connectivity index (χ0v) is 12.3. The summed E-state index contributed by atoms with van der Waals surface area (Å²) in [6.07, 6.45) is 1.52. The minimum absolute atomic E-state index is 0.0867. The number of benzene rings is 1. The highest BCUT2D eigenvalue weighted by molar-refractivity contribution is 7.11. The standard InChI is InChI=1S/C14H15N3O2S/c1-9-10(14(19)17(2)3)5-4-6-11(9)16-13(18)12-7-15-8-20-12/h4-8H,1-3H3,(H,16,18). The lowest BCUT2D eigenvalue weighted by atomic mass is 10.1. The van der Waals surface area contributed by atoms with Gasteiger partial charge in [0.25, 0.3) is 11.8 Å². The monoisotopic (exact) mass is 289 g/mol. The Hall–Kier alpha value is -2.21. The van der Waals surface area contributed by atoms with Gasteiger partial charge in [-0.3, -0.25) is 14.6 Å². The van der Waals surface area contributed by atoms with Crippen molar-refractivity contribution in [2.45, 2.75) is 6.92 Å². The van der Waals surface area contributed by atoms with Gasteiger partial charge in [0, 0.05) is 25.3 Å². The molecule has 0 bridgehead atoms. The van der Waals surface area contributed by atoms with E-state index in [4.69, 9.17) is 0 Å². The number of amides is 2. The first-order chi connectivity index (χ1) is 9.50. The van der Waals surface area contributed by atoms with Crippen molar-refractivity contribution in [3.63, 3.8) is 0 Å². The van der Waals surface area contributed by atoms with Gasteiger partial charge in [-0.1, -0.05) is 6.07 Å². The molecular weight excluding hydrogens is 274 g/mol. The molecule has 0 radical (unpaired) electrons. The molecule has 2 rings (SSSR count). The predicted octanol–water partition coefficient (Wildman–Crippen LogP) is 2.41. The largest absolute Gasteiger partial charge is 0.345 e. The Labute approximate surface area is 121 Å². The minimum Gasteiger partial charge on any atom is -0.345 e. The van der Waals surface area contributed by atoms with Crippen LogP contribution in [0.3, 0.4) is 0 Å². The van der Waals surface area contributed by atoms with Crippen molar-refractivity contribution in [3.8, 4) is 0 Å². The Morgan fingerprint density at radius 3 is 2.65 bits per heavy atom. The number of aromatic nitrogens is 1. The number of hydrogen-bond donors (Lipinski definition) is 1. The van der Waals surface area contributed by atoms with E-state index in [2.05, 4.69) is 10.3 Å². The first kappa shape index (κ1) is 14.2. The van der Waals surface area contributed by atoms with Gasteiger partial charge in [0.15, 0.2) is 0 Å². The van der Waals surface area contributed by atoms with Gasteiger partial charge < -0.3 is 10.2 Å². The zero-order valence-electron chi connectivity index (χ0n) is 11.5. The Bertz CT molecular complexity index is 636. The Morgan fingerprint density at radius 2 is 2.05 bits per heavy atom. The van der Waals surface area contributed by atoms with Gasteiger partial charge in [-0.15, -0.1) is 11.3 Å². The fraction of sp³-hybridized carbons (Fsp3) is 0.214. The fourth-order valence-corrected chi connectivity index (χ4v) is 2.27. The van der Waals surface area contributed by atoms with Crippen LogP contribution < -0.4 is 5.32 Å². The molecule has 104 valence electrons. The van der Waals surface area contributed by atoms with Crippen molar-refractivity contribution in [2.24, 2.45) is 0 Å². The zero-order chi connectivity index (χ0) is 14.7. The number of hydrogen-bond acceptors (Lipinski definition) is 4. The summed E-state index contributed by atoms with van der Waals surface area (Å²) in [5.74, 6) is -0.304. The molecule has 0 aliphatic carbocycles. The SMILES string of the molecule is Cc1c(NC(=O)c2cncs2)cccc1C(=O)N(C)C. The Balaban J connectivity index is 2.27. The molecule has 1 N–H and O–H groups in total. The summed E-state index contributed by atoms with van der Waals surface area (Å²) < 4.78 is 0. The number of nitrogens with zero attached hydrogens (tertiary/aromatic N) is 2. The van der Waals surface area contributed by atoms with Crippen molar-refractivity contribution >= 4 is 28.8 Å². The second-order valence-electron chi connectivity index (χ2n) is 4.50. The van der Waals surface area contributed by atoms with E-state index in [9.17, 15) is 9.59 Å². The first-order valence-electron chi connectivity index (χ1n) is 6.02. The van der Waals surface area contributed by atoms with E-state index in [0.717, 1.165) is 5.56 Å². The van der Waals surface area contributed by atoms with Crippen molar-refractivity contribution in [1.82, 2.24) is 9.88 Å². The van der Waals surface area contributed by atoms with E-state index in [1.54, 1.807) is 37.8 Å². The molecule has 0 spiro atoms. The molecular formula is C14H15N3O2S. The van der Waals surface area contributed by atoms with Crippen LogP contribution in [0.2, 0.25) is 0 Å². The summed E-state index contributed by atoms with van der Waals surface area (Å²) in [6, 6.07) is 5.28. The quantitative estimate of drug-likeness (QED) is 0.943. The lowest BCUT2D eigenvalue weighted by Gasteiger charge is -2.15. The normalized spacial score (nSPS) is 10.2. The molecule has 6 heteroatoms. The van der Waals surface area contributed by atoms with Crippen LogP contribution in [0, 0.1) is 6.92 Å². The lowest BCUT2D eigenvalue weighted by Crippen LogP contribution is -2.23. The number of carbonyl (C=O) groups is 2.